The van der Waals surface area contributed by atoms with Gasteiger partial charge in [-0.25, -0.2) is 14.4 Å². The van der Waals surface area contributed by atoms with Crippen LogP contribution in [-0.2, 0) is 14.3 Å². The van der Waals surface area contributed by atoms with Crippen LogP contribution < -0.4 is 5.32 Å². The summed E-state index contributed by atoms with van der Waals surface area (Å²) in [4.78, 5) is 46.9. The van der Waals surface area contributed by atoms with Crippen LogP contribution in [0.3, 0.4) is 0 Å². The van der Waals surface area contributed by atoms with E-state index in [1.807, 2.05) is 0 Å². The van der Waals surface area contributed by atoms with Gasteiger partial charge in [0.2, 0.25) is 5.91 Å². The molecule has 0 aliphatic rings. The van der Waals surface area contributed by atoms with E-state index in [2.05, 4.69) is 19.9 Å². The Morgan fingerprint density at radius 1 is 1.04 bits per heavy atom. The van der Waals surface area contributed by atoms with Crippen molar-refractivity contribution in [2.45, 2.75) is 13.0 Å². The Kier molecular flexibility index (Phi) is 5.91. The molecule has 0 saturated heterocycles. The summed E-state index contributed by atoms with van der Waals surface area (Å²) in [7, 11) is 2.37. The number of benzene rings is 1. The van der Waals surface area contributed by atoms with E-state index in [-0.39, 0.29) is 22.4 Å². The predicted molar refractivity (Wildman–Crippen MR) is 91.6 cm³/mol. The molecule has 0 radical (unpaired) electrons. The van der Waals surface area contributed by atoms with E-state index in [1.54, 1.807) is 0 Å². The van der Waals surface area contributed by atoms with Gasteiger partial charge in [0, 0.05) is 11.9 Å². The van der Waals surface area contributed by atoms with Crippen molar-refractivity contribution in [2.75, 3.05) is 19.5 Å². The van der Waals surface area contributed by atoms with Gasteiger partial charge in [-0.2, -0.15) is 5.10 Å². The molecule has 1 aromatic carbocycles. The highest BCUT2D eigenvalue weighted by atomic mass is 16.5. The smallest absolute Gasteiger partial charge is 0.338 e. The third-order valence-corrected chi connectivity index (χ3v) is 3.67. The fourth-order valence-corrected chi connectivity index (χ4v) is 2.20. The molecule has 0 bridgehead atoms. The van der Waals surface area contributed by atoms with Crippen molar-refractivity contribution in [3.05, 3.63) is 47.3 Å². The van der Waals surface area contributed by atoms with Crippen molar-refractivity contribution in [3.8, 4) is 0 Å². The van der Waals surface area contributed by atoms with Gasteiger partial charge in [-0.15, -0.1) is 0 Å². The van der Waals surface area contributed by atoms with Crippen LogP contribution in [0.15, 0.2) is 30.6 Å². The lowest BCUT2D eigenvalue weighted by molar-refractivity contribution is -0.119. The number of rotatable bonds is 6. The standard InChI is InChI=1S/C17H17N3O7/c1-9(20-8-12(7-18-20)15(22)23)14(21)19-13-5-10(16(24)26-2)4-11(6-13)17(25)27-3/h4-9H,1-3H3,(H,19,21)(H,22,23). The molecule has 1 unspecified atom stereocenters. The molecular formula is C17H17N3O7. The topological polar surface area (TPSA) is 137 Å². The predicted octanol–water partition coefficient (Wildman–Crippen LogP) is 1.35. The third kappa shape index (κ3) is 4.48. The second-order valence-electron chi connectivity index (χ2n) is 5.46. The number of carboxylic acids is 1. The number of aromatic carboxylic acids is 1. The number of nitrogens with one attached hydrogen (secondary N) is 1. The maximum Gasteiger partial charge on any atom is 0.338 e. The van der Waals surface area contributed by atoms with Crippen LogP contribution in [-0.4, -0.2) is 52.9 Å². The summed E-state index contributed by atoms with van der Waals surface area (Å²) in [6, 6.07) is 3.12. The average Bonchev–Trinajstić information content (AvgIpc) is 3.16. The normalized spacial score (nSPS) is 11.4. The van der Waals surface area contributed by atoms with Crippen LogP contribution in [0.1, 0.15) is 44.0 Å². The Balaban J connectivity index is 2.28. The Morgan fingerprint density at radius 2 is 1.59 bits per heavy atom. The van der Waals surface area contributed by atoms with Gasteiger partial charge in [0.15, 0.2) is 0 Å². The number of anilines is 1. The second-order valence-corrected chi connectivity index (χ2v) is 5.46. The summed E-state index contributed by atoms with van der Waals surface area (Å²) in [5.74, 6) is -3.08. The average molecular weight is 375 g/mol. The molecular weight excluding hydrogens is 358 g/mol. The van der Waals surface area contributed by atoms with Crippen LogP contribution in [0.4, 0.5) is 5.69 Å². The highest BCUT2D eigenvalue weighted by molar-refractivity contribution is 6.00. The minimum absolute atomic E-state index is 0.0515. The number of nitrogens with zero attached hydrogens (tertiary/aromatic N) is 2. The first kappa shape index (κ1) is 19.6. The lowest BCUT2D eigenvalue weighted by Gasteiger charge is -2.14. The van der Waals surface area contributed by atoms with Crippen LogP contribution in [0.2, 0.25) is 0 Å². The molecule has 1 heterocycles. The number of esters is 2. The number of hydrogen-bond acceptors (Lipinski definition) is 7. The van der Waals surface area contributed by atoms with E-state index >= 15 is 0 Å². The van der Waals surface area contributed by atoms with Gasteiger partial charge in [0.05, 0.1) is 37.1 Å². The Hall–Kier alpha value is -3.69. The van der Waals surface area contributed by atoms with E-state index in [0.29, 0.717) is 0 Å². The molecule has 2 rings (SSSR count). The van der Waals surface area contributed by atoms with Crippen molar-refractivity contribution >= 4 is 29.5 Å². The third-order valence-electron chi connectivity index (χ3n) is 3.67. The highest BCUT2D eigenvalue weighted by Crippen LogP contribution is 2.19. The molecule has 2 N–H and O–H groups in total. The Bertz CT molecular complexity index is 869. The molecule has 0 aliphatic heterocycles. The zero-order valence-corrected chi connectivity index (χ0v) is 14.8. The molecule has 1 amide bonds. The fraction of sp³-hybridized carbons (Fsp3) is 0.235. The minimum Gasteiger partial charge on any atom is -0.478 e. The lowest BCUT2D eigenvalue weighted by Crippen LogP contribution is -2.24. The number of amides is 1. The van der Waals surface area contributed by atoms with Crippen molar-refractivity contribution in [1.82, 2.24) is 9.78 Å². The number of carbonyl (C=O) groups is 4. The van der Waals surface area contributed by atoms with Crippen LogP contribution in [0.25, 0.3) is 0 Å². The fourth-order valence-electron chi connectivity index (χ4n) is 2.20. The van der Waals surface area contributed by atoms with Crippen molar-refractivity contribution in [1.29, 1.82) is 0 Å². The zero-order valence-electron chi connectivity index (χ0n) is 14.8. The van der Waals surface area contributed by atoms with E-state index in [9.17, 15) is 19.2 Å². The van der Waals surface area contributed by atoms with Gasteiger partial charge < -0.3 is 19.9 Å². The van der Waals surface area contributed by atoms with Crippen LogP contribution >= 0.6 is 0 Å². The van der Waals surface area contributed by atoms with E-state index in [4.69, 9.17) is 5.11 Å². The number of carboxylic acid groups (broad SMARTS) is 1. The molecule has 1 atom stereocenters. The maximum absolute atomic E-state index is 12.4. The second kappa shape index (κ2) is 8.13. The molecule has 0 saturated carbocycles. The summed E-state index contributed by atoms with van der Waals surface area (Å²) in [5, 5.41) is 15.3. The van der Waals surface area contributed by atoms with Gasteiger partial charge in [-0.3, -0.25) is 9.48 Å². The molecule has 0 aliphatic carbocycles. The molecule has 10 heteroatoms. The van der Waals surface area contributed by atoms with Crippen LogP contribution in [0, 0.1) is 0 Å². The first-order chi connectivity index (χ1) is 12.8. The summed E-state index contributed by atoms with van der Waals surface area (Å²) in [6.07, 6.45) is 2.34. The zero-order chi connectivity index (χ0) is 20.1. The van der Waals surface area contributed by atoms with E-state index < -0.39 is 29.9 Å². The first-order valence-electron chi connectivity index (χ1n) is 7.66. The number of hydrogen-bond donors (Lipinski definition) is 2. The summed E-state index contributed by atoms with van der Waals surface area (Å²) in [6.45, 7) is 1.51. The van der Waals surface area contributed by atoms with Gasteiger partial charge >= 0.3 is 17.9 Å². The molecule has 27 heavy (non-hydrogen) atoms. The monoisotopic (exact) mass is 375 g/mol. The van der Waals surface area contributed by atoms with Gasteiger partial charge in [-0.05, 0) is 25.1 Å². The number of ether oxygens (including phenoxy) is 2. The number of methoxy groups -OCH3 is 2. The first-order valence-corrected chi connectivity index (χ1v) is 7.66. The lowest BCUT2D eigenvalue weighted by atomic mass is 10.1. The SMILES string of the molecule is COC(=O)c1cc(NC(=O)C(C)n2cc(C(=O)O)cn2)cc(C(=O)OC)c1. The summed E-state index contributed by atoms with van der Waals surface area (Å²) < 4.78 is 10.5. The highest BCUT2D eigenvalue weighted by Gasteiger charge is 2.20. The molecule has 2 aromatic rings. The Labute approximate surface area is 153 Å². The quantitative estimate of drug-likeness (QED) is 0.722. The molecule has 0 spiro atoms. The maximum atomic E-state index is 12.4. The summed E-state index contributed by atoms with van der Waals surface area (Å²) in [5.41, 5.74) is 0.210. The number of aromatic nitrogens is 2. The van der Waals surface area contributed by atoms with Crippen molar-refractivity contribution < 1.29 is 33.8 Å². The van der Waals surface area contributed by atoms with Crippen molar-refractivity contribution in [2.24, 2.45) is 0 Å². The van der Waals surface area contributed by atoms with E-state index in [1.165, 1.54) is 50.2 Å². The van der Waals surface area contributed by atoms with Crippen LogP contribution in [0.5, 0.6) is 0 Å². The van der Waals surface area contributed by atoms with E-state index in [0.717, 1.165) is 6.20 Å². The van der Waals surface area contributed by atoms with Gasteiger partial charge in [0.1, 0.15) is 6.04 Å². The minimum atomic E-state index is -1.16. The molecule has 142 valence electrons. The molecule has 1 aromatic heterocycles. The number of carbonyl (C=O) groups excluding carboxylic acids is 3. The van der Waals surface area contributed by atoms with Crippen molar-refractivity contribution in [3.63, 3.8) is 0 Å². The largest absolute Gasteiger partial charge is 0.478 e. The van der Waals surface area contributed by atoms with Gasteiger partial charge in [-0.1, -0.05) is 0 Å². The molecule has 10 nitrogen and oxygen atoms in total. The molecule has 0 fully saturated rings. The summed E-state index contributed by atoms with van der Waals surface area (Å²) >= 11 is 0. The van der Waals surface area contributed by atoms with Gasteiger partial charge in [0.25, 0.3) is 0 Å². The Morgan fingerprint density at radius 3 is 2.04 bits per heavy atom.